The van der Waals surface area contributed by atoms with Crippen molar-refractivity contribution in [2.75, 3.05) is 19.0 Å². The highest BCUT2D eigenvalue weighted by Crippen LogP contribution is 2.30. The number of ether oxygens (including phenoxy) is 1. The Hall–Kier alpha value is -1.01. The Morgan fingerprint density at radius 3 is 2.75 bits per heavy atom. The third-order valence-electron chi connectivity index (χ3n) is 2.41. The third kappa shape index (κ3) is 3.24. The van der Waals surface area contributed by atoms with Crippen molar-refractivity contribution in [3.05, 3.63) is 5.01 Å². The van der Waals surface area contributed by atoms with Gasteiger partial charge in [-0.15, -0.1) is 10.2 Å². The minimum Gasteiger partial charge on any atom is -0.375 e. The van der Waals surface area contributed by atoms with Crippen molar-refractivity contribution in [2.24, 2.45) is 0 Å². The van der Waals surface area contributed by atoms with Gasteiger partial charge in [-0.2, -0.15) is 0 Å². The van der Waals surface area contributed by atoms with Crippen LogP contribution in [0.5, 0.6) is 0 Å². The molecule has 1 N–H and O–H groups in total. The van der Waals surface area contributed by atoms with E-state index in [0.717, 1.165) is 11.4 Å². The highest BCUT2D eigenvalue weighted by molar-refractivity contribution is 7.15. The summed E-state index contributed by atoms with van der Waals surface area (Å²) in [5.74, 6) is -0.209. The average molecular weight is 243 g/mol. The Labute approximate surface area is 99.2 Å². The molecular formula is C10H17N3O2S. The van der Waals surface area contributed by atoms with E-state index in [1.54, 1.807) is 0 Å². The van der Waals surface area contributed by atoms with E-state index >= 15 is 0 Å². The van der Waals surface area contributed by atoms with Crippen LogP contribution in [-0.4, -0.2) is 29.8 Å². The van der Waals surface area contributed by atoms with E-state index in [1.807, 2.05) is 0 Å². The van der Waals surface area contributed by atoms with E-state index in [2.05, 4.69) is 36.3 Å². The summed E-state index contributed by atoms with van der Waals surface area (Å²) in [5, 5.41) is 12.1. The van der Waals surface area contributed by atoms with Crippen LogP contribution in [0.3, 0.4) is 0 Å². The smallest absolute Gasteiger partial charge is 0.252 e. The number of aromatic nitrogens is 2. The van der Waals surface area contributed by atoms with Crippen molar-refractivity contribution in [3.8, 4) is 0 Å². The molecule has 0 atom stereocenters. The van der Waals surface area contributed by atoms with Gasteiger partial charge in [-0.3, -0.25) is 10.1 Å². The molecule has 0 saturated heterocycles. The number of hydrogen-bond acceptors (Lipinski definition) is 5. The van der Waals surface area contributed by atoms with Gasteiger partial charge in [0.25, 0.3) is 5.91 Å². The molecule has 1 amide bonds. The molecule has 0 radical (unpaired) electrons. The van der Waals surface area contributed by atoms with E-state index in [0.29, 0.717) is 5.13 Å². The Morgan fingerprint density at radius 2 is 2.19 bits per heavy atom. The summed E-state index contributed by atoms with van der Waals surface area (Å²) in [6.45, 7) is 6.35. The highest BCUT2D eigenvalue weighted by atomic mass is 32.1. The van der Waals surface area contributed by atoms with Crippen LogP contribution in [0.1, 0.15) is 32.2 Å². The average Bonchev–Trinajstić information content (AvgIpc) is 2.67. The lowest BCUT2D eigenvalue weighted by atomic mass is 9.91. The SMILES string of the molecule is CCC(C)(C)c1nnc(NC(=O)COC)s1. The van der Waals surface area contributed by atoms with E-state index in [1.165, 1.54) is 18.4 Å². The summed E-state index contributed by atoms with van der Waals surface area (Å²) in [4.78, 5) is 11.2. The number of nitrogens with one attached hydrogen (secondary N) is 1. The van der Waals surface area contributed by atoms with Crippen molar-refractivity contribution >= 4 is 22.4 Å². The van der Waals surface area contributed by atoms with Gasteiger partial charge in [0.15, 0.2) is 0 Å². The standard InChI is InChI=1S/C10H17N3O2S/c1-5-10(2,3)8-12-13-9(16-8)11-7(14)6-15-4/h5-6H2,1-4H3,(H,11,13,14). The zero-order valence-corrected chi connectivity index (χ0v) is 10.8. The van der Waals surface area contributed by atoms with E-state index in [-0.39, 0.29) is 17.9 Å². The van der Waals surface area contributed by atoms with Gasteiger partial charge in [0.2, 0.25) is 5.13 Å². The van der Waals surface area contributed by atoms with Crippen molar-refractivity contribution in [2.45, 2.75) is 32.6 Å². The van der Waals surface area contributed by atoms with Gasteiger partial charge in [-0.1, -0.05) is 32.1 Å². The fourth-order valence-electron chi connectivity index (χ4n) is 0.985. The normalized spacial score (nSPS) is 11.5. The lowest BCUT2D eigenvalue weighted by Crippen LogP contribution is -2.16. The first-order chi connectivity index (χ1) is 7.49. The molecule has 0 spiro atoms. The Bertz CT molecular complexity index is 363. The summed E-state index contributed by atoms with van der Waals surface area (Å²) in [6.07, 6.45) is 0.980. The largest absolute Gasteiger partial charge is 0.375 e. The highest BCUT2D eigenvalue weighted by Gasteiger charge is 2.23. The summed E-state index contributed by atoms with van der Waals surface area (Å²) in [5.41, 5.74) is 0.00189. The number of methoxy groups -OCH3 is 1. The van der Waals surface area contributed by atoms with E-state index in [9.17, 15) is 4.79 Å². The second-order valence-electron chi connectivity index (χ2n) is 4.13. The Morgan fingerprint density at radius 1 is 1.50 bits per heavy atom. The van der Waals surface area contributed by atoms with Gasteiger partial charge in [-0.05, 0) is 6.42 Å². The molecule has 0 fully saturated rings. The van der Waals surface area contributed by atoms with Gasteiger partial charge < -0.3 is 4.74 Å². The molecule has 0 aliphatic heterocycles. The number of amides is 1. The second-order valence-corrected chi connectivity index (χ2v) is 5.11. The fraction of sp³-hybridized carbons (Fsp3) is 0.700. The molecule has 0 aromatic carbocycles. The van der Waals surface area contributed by atoms with Crippen LogP contribution in [0.25, 0.3) is 0 Å². The quantitative estimate of drug-likeness (QED) is 0.856. The molecule has 90 valence electrons. The van der Waals surface area contributed by atoms with Crippen molar-refractivity contribution in [3.63, 3.8) is 0 Å². The number of carbonyl (C=O) groups is 1. The molecule has 0 aliphatic carbocycles. The second kappa shape index (κ2) is 5.36. The first-order valence-corrected chi connectivity index (χ1v) is 5.94. The van der Waals surface area contributed by atoms with Gasteiger partial charge in [-0.25, -0.2) is 0 Å². The maximum atomic E-state index is 11.2. The molecule has 1 aromatic rings. The minimum atomic E-state index is -0.209. The summed E-state index contributed by atoms with van der Waals surface area (Å²) < 4.78 is 4.72. The van der Waals surface area contributed by atoms with Crippen LogP contribution in [0.4, 0.5) is 5.13 Å². The first kappa shape index (κ1) is 13.1. The molecule has 0 aliphatic rings. The number of carbonyl (C=O) groups excluding carboxylic acids is 1. The Balaban J connectivity index is 2.68. The van der Waals surface area contributed by atoms with Gasteiger partial charge in [0.05, 0.1) is 0 Å². The predicted molar refractivity (Wildman–Crippen MR) is 63.7 cm³/mol. The van der Waals surface area contributed by atoms with Gasteiger partial charge in [0, 0.05) is 12.5 Å². The van der Waals surface area contributed by atoms with Crippen LogP contribution < -0.4 is 5.32 Å². The number of anilines is 1. The first-order valence-electron chi connectivity index (χ1n) is 5.12. The summed E-state index contributed by atoms with van der Waals surface area (Å²) in [6, 6.07) is 0. The molecule has 0 bridgehead atoms. The molecule has 1 heterocycles. The fourth-order valence-corrected chi connectivity index (χ4v) is 1.92. The lowest BCUT2D eigenvalue weighted by molar-refractivity contribution is -0.119. The van der Waals surface area contributed by atoms with Crippen LogP contribution in [-0.2, 0) is 14.9 Å². The zero-order valence-electron chi connectivity index (χ0n) is 10.0. The van der Waals surface area contributed by atoms with Crippen LogP contribution in [0.2, 0.25) is 0 Å². The van der Waals surface area contributed by atoms with E-state index in [4.69, 9.17) is 4.74 Å². The summed E-state index contributed by atoms with van der Waals surface area (Å²) in [7, 11) is 1.48. The third-order valence-corrected chi connectivity index (χ3v) is 3.61. The molecule has 0 saturated carbocycles. The molecule has 1 rings (SSSR count). The maximum Gasteiger partial charge on any atom is 0.252 e. The van der Waals surface area contributed by atoms with Crippen molar-refractivity contribution < 1.29 is 9.53 Å². The monoisotopic (exact) mass is 243 g/mol. The summed E-state index contributed by atoms with van der Waals surface area (Å²) >= 11 is 1.41. The maximum absolute atomic E-state index is 11.2. The molecule has 6 heteroatoms. The Kier molecular flexibility index (Phi) is 4.37. The molecule has 16 heavy (non-hydrogen) atoms. The number of nitrogens with zero attached hydrogens (tertiary/aromatic N) is 2. The predicted octanol–water partition coefficient (Wildman–Crippen LogP) is 1.81. The minimum absolute atomic E-state index is 0.00189. The molecular weight excluding hydrogens is 226 g/mol. The van der Waals surface area contributed by atoms with Crippen LogP contribution >= 0.6 is 11.3 Å². The van der Waals surface area contributed by atoms with Crippen molar-refractivity contribution in [1.82, 2.24) is 10.2 Å². The molecule has 0 unspecified atom stereocenters. The molecule has 5 nitrogen and oxygen atoms in total. The molecule has 1 aromatic heterocycles. The number of rotatable bonds is 5. The number of hydrogen-bond donors (Lipinski definition) is 1. The lowest BCUT2D eigenvalue weighted by Gasteiger charge is -2.17. The van der Waals surface area contributed by atoms with E-state index < -0.39 is 0 Å². The zero-order chi connectivity index (χ0) is 12.2. The van der Waals surface area contributed by atoms with Gasteiger partial charge in [0.1, 0.15) is 11.6 Å². The van der Waals surface area contributed by atoms with Gasteiger partial charge >= 0.3 is 0 Å². The van der Waals surface area contributed by atoms with Crippen LogP contribution in [0, 0.1) is 0 Å². The van der Waals surface area contributed by atoms with Crippen LogP contribution in [0.15, 0.2) is 0 Å². The van der Waals surface area contributed by atoms with Crippen molar-refractivity contribution in [1.29, 1.82) is 0 Å². The topological polar surface area (TPSA) is 64.1 Å².